The third-order valence-corrected chi connectivity index (χ3v) is 2.97. The summed E-state index contributed by atoms with van der Waals surface area (Å²) in [6.07, 6.45) is 1.83. The first kappa shape index (κ1) is 12.8. The van der Waals surface area contributed by atoms with E-state index in [0.717, 1.165) is 24.5 Å². The van der Waals surface area contributed by atoms with Gasteiger partial charge in [-0.2, -0.15) is 5.10 Å². The Morgan fingerprint density at radius 3 is 2.56 bits per heavy atom. The molecule has 96 valence electrons. The Morgan fingerprint density at radius 1 is 1.22 bits per heavy atom. The lowest BCUT2D eigenvalue weighted by Gasteiger charge is -2.07. The average molecular weight is 244 g/mol. The molecule has 1 aromatic carbocycles. The molecular weight excluding hydrogens is 224 g/mol. The summed E-state index contributed by atoms with van der Waals surface area (Å²) in [6.45, 7) is 4.14. The molecule has 1 heterocycles. The second kappa shape index (κ2) is 5.78. The molecule has 0 bridgehead atoms. The Labute approximate surface area is 108 Å². The number of aromatic amines is 1. The molecule has 0 saturated carbocycles. The third-order valence-electron chi connectivity index (χ3n) is 2.97. The van der Waals surface area contributed by atoms with Crippen molar-refractivity contribution in [3.05, 3.63) is 47.5 Å². The first-order chi connectivity index (χ1) is 8.66. The molecule has 4 heteroatoms. The van der Waals surface area contributed by atoms with Gasteiger partial charge in [0, 0.05) is 5.92 Å². The number of hydrogen-bond donors (Lipinski definition) is 2. The van der Waals surface area contributed by atoms with E-state index in [4.69, 9.17) is 5.73 Å². The highest BCUT2D eigenvalue weighted by Crippen LogP contribution is 2.15. The van der Waals surface area contributed by atoms with Gasteiger partial charge in [-0.15, -0.1) is 0 Å². The van der Waals surface area contributed by atoms with E-state index >= 15 is 0 Å². The van der Waals surface area contributed by atoms with Gasteiger partial charge in [-0.25, -0.2) is 4.98 Å². The van der Waals surface area contributed by atoms with Crippen molar-refractivity contribution in [1.29, 1.82) is 0 Å². The normalized spacial score (nSPS) is 12.9. The maximum atomic E-state index is 6.12. The van der Waals surface area contributed by atoms with E-state index in [2.05, 4.69) is 41.2 Å². The molecule has 2 aromatic rings. The topological polar surface area (TPSA) is 67.6 Å². The van der Waals surface area contributed by atoms with Crippen LogP contribution in [0.4, 0.5) is 0 Å². The molecule has 0 aliphatic rings. The van der Waals surface area contributed by atoms with Crippen LogP contribution in [-0.2, 0) is 6.42 Å². The minimum Gasteiger partial charge on any atom is -0.321 e. The monoisotopic (exact) mass is 244 g/mol. The number of benzene rings is 1. The van der Waals surface area contributed by atoms with Crippen LogP contribution in [0.2, 0.25) is 0 Å². The summed E-state index contributed by atoms with van der Waals surface area (Å²) in [5, 5.41) is 7.11. The molecule has 0 unspecified atom stereocenters. The van der Waals surface area contributed by atoms with Crippen molar-refractivity contribution in [2.24, 2.45) is 5.73 Å². The van der Waals surface area contributed by atoms with Crippen LogP contribution in [0, 0.1) is 0 Å². The van der Waals surface area contributed by atoms with Crippen LogP contribution in [-0.4, -0.2) is 15.2 Å². The van der Waals surface area contributed by atoms with Crippen molar-refractivity contribution >= 4 is 0 Å². The molecule has 0 spiro atoms. The molecule has 18 heavy (non-hydrogen) atoms. The minimum absolute atomic E-state index is 0.0785. The number of rotatable bonds is 5. The van der Waals surface area contributed by atoms with Crippen LogP contribution in [0.3, 0.4) is 0 Å². The fraction of sp³-hybridized carbons (Fsp3) is 0.429. The Kier molecular flexibility index (Phi) is 4.10. The van der Waals surface area contributed by atoms with Crippen molar-refractivity contribution in [2.75, 3.05) is 0 Å². The molecule has 3 N–H and O–H groups in total. The van der Waals surface area contributed by atoms with Crippen LogP contribution in [0.1, 0.15) is 49.4 Å². The van der Waals surface area contributed by atoms with Gasteiger partial charge in [-0.3, -0.25) is 5.10 Å². The summed E-state index contributed by atoms with van der Waals surface area (Å²) in [4.78, 5) is 4.43. The molecule has 0 saturated heterocycles. The summed E-state index contributed by atoms with van der Waals surface area (Å²) in [6, 6.07) is 10.3. The van der Waals surface area contributed by atoms with Crippen molar-refractivity contribution in [3.63, 3.8) is 0 Å². The lowest BCUT2D eigenvalue weighted by Crippen LogP contribution is -2.13. The first-order valence-electron chi connectivity index (χ1n) is 6.38. The summed E-state index contributed by atoms with van der Waals surface area (Å²) >= 11 is 0. The molecule has 2 rings (SSSR count). The number of aromatic nitrogens is 3. The first-order valence-corrected chi connectivity index (χ1v) is 6.38. The summed E-state index contributed by atoms with van der Waals surface area (Å²) in [7, 11) is 0. The van der Waals surface area contributed by atoms with Crippen molar-refractivity contribution in [1.82, 2.24) is 15.2 Å². The maximum absolute atomic E-state index is 6.12. The van der Waals surface area contributed by atoms with Gasteiger partial charge in [0.15, 0.2) is 5.82 Å². The molecule has 0 aliphatic heterocycles. The maximum Gasteiger partial charge on any atom is 0.153 e. The van der Waals surface area contributed by atoms with Gasteiger partial charge >= 0.3 is 0 Å². The van der Waals surface area contributed by atoms with Gasteiger partial charge in [0.05, 0.1) is 6.04 Å². The van der Waals surface area contributed by atoms with Crippen LogP contribution in [0.5, 0.6) is 0 Å². The minimum atomic E-state index is -0.0785. The molecule has 0 aliphatic carbocycles. The van der Waals surface area contributed by atoms with E-state index in [-0.39, 0.29) is 6.04 Å². The zero-order valence-electron chi connectivity index (χ0n) is 10.9. The third kappa shape index (κ3) is 3.17. The predicted molar refractivity (Wildman–Crippen MR) is 72.2 cm³/mol. The quantitative estimate of drug-likeness (QED) is 0.849. The Morgan fingerprint density at radius 2 is 1.94 bits per heavy atom. The molecule has 1 atom stereocenters. The van der Waals surface area contributed by atoms with Crippen LogP contribution >= 0.6 is 0 Å². The number of aryl methyl sites for hydroxylation is 1. The largest absolute Gasteiger partial charge is 0.321 e. The Hall–Kier alpha value is -1.68. The molecule has 4 nitrogen and oxygen atoms in total. The van der Waals surface area contributed by atoms with Crippen molar-refractivity contribution < 1.29 is 0 Å². The SMILES string of the molecule is CC(C)c1n[nH]c([C@@H](N)CCc2ccccc2)n1. The molecule has 1 aromatic heterocycles. The van der Waals surface area contributed by atoms with Gasteiger partial charge in [0.25, 0.3) is 0 Å². The van der Waals surface area contributed by atoms with E-state index < -0.39 is 0 Å². The van der Waals surface area contributed by atoms with Gasteiger partial charge in [0.1, 0.15) is 5.82 Å². The summed E-state index contributed by atoms with van der Waals surface area (Å²) in [5.74, 6) is 1.95. The fourth-order valence-electron chi connectivity index (χ4n) is 1.82. The summed E-state index contributed by atoms with van der Waals surface area (Å²) < 4.78 is 0. The molecule has 0 amide bonds. The average Bonchev–Trinajstić information content (AvgIpc) is 2.87. The predicted octanol–water partition coefficient (Wildman–Crippen LogP) is 2.56. The number of nitrogens with zero attached hydrogens (tertiary/aromatic N) is 2. The standard InChI is InChI=1S/C14H20N4/c1-10(2)13-16-14(18-17-13)12(15)9-8-11-6-4-3-5-7-11/h3-7,10,12H,8-9,15H2,1-2H3,(H,16,17,18)/t12-/m0/s1. The van der Waals surface area contributed by atoms with E-state index in [1.54, 1.807) is 0 Å². The van der Waals surface area contributed by atoms with E-state index in [9.17, 15) is 0 Å². The number of nitrogens with two attached hydrogens (primary N) is 1. The van der Waals surface area contributed by atoms with E-state index in [0.29, 0.717) is 5.92 Å². The van der Waals surface area contributed by atoms with Crippen LogP contribution in [0.25, 0.3) is 0 Å². The zero-order chi connectivity index (χ0) is 13.0. The summed E-state index contributed by atoms with van der Waals surface area (Å²) in [5.41, 5.74) is 7.42. The van der Waals surface area contributed by atoms with E-state index in [1.165, 1.54) is 5.56 Å². The second-order valence-electron chi connectivity index (χ2n) is 4.86. The number of nitrogens with one attached hydrogen (secondary N) is 1. The van der Waals surface area contributed by atoms with Gasteiger partial charge in [-0.05, 0) is 18.4 Å². The van der Waals surface area contributed by atoms with Crippen molar-refractivity contribution in [3.8, 4) is 0 Å². The fourth-order valence-corrected chi connectivity index (χ4v) is 1.82. The zero-order valence-corrected chi connectivity index (χ0v) is 10.9. The smallest absolute Gasteiger partial charge is 0.153 e. The van der Waals surface area contributed by atoms with Gasteiger partial charge in [0.2, 0.25) is 0 Å². The lowest BCUT2D eigenvalue weighted by atomic mass is 10.1. The van der Waals surface area contributed by atoms with Gasteiger partial charge < -0.3 is 5.73 Å². The second-order valence-corrected chi connectivity index (χ2v) is 4.86. The highest BCUT2D eigenvalue weighted by Gasteiger charge is 2.13. The molecule has 0 fully saturated rings. The Bertz CT molecular complexity index is 476. The van der Waals surface area contributed by atoms with E-state index in [1.807, 2.05) is 18.2 Å². The molecule has 0 radical (unpaired) electrons. The van der Waals surface area contributed by atoms with Gasteiger partial charge in [-0.1, -0.05) is 44.2 Å². The lowest BCUT2D eigenvalue weighted by molar-refractivity contribution is 0.614. The van der Waals surface area contributed by atoms with Crippen molar-refractivity contribution in [2.45, 2.75) is 38.6 Å². The Balaban J connectivity index is 1.93. The molecular formula is C14H20N4. The number of H-pyrrole nitrogens is 1. The highest BCUT2D eigenvalue weighted by atomic mass is 15.2. The van der Waals surface area contributed by atoms with Crippen LogP contribution < -0.4 is 5.73 Å². The number of hydrogen-bond acceptors (Lipinski definition) is 3. The highest BCUT2D eigenvalue weighted by molar-refractivity contribution is 5.15. The van der Waals surface area contributed by atoms with Crippen LogP contribution in [0.15, 0.2) is 30.3 Å².